The molecule has 0 amide bonds. The van der Waals surface area contributed by atoms with Gasteiger partial charge in [0.05, 0.1) is 5.02 Å². The van der Waals surface area contributed by atoms with Crippen molar-refractivity contribution in [3.63, 3.8) is 0 Å². The van der Waals surface area contributed by atoms with Crippen molar-refractivity contribution >= 4 is 23.5 Å². The van der Waals surface area contributed by atoms with E-state index in [-0.39, 0.29) is 19.2 Å². The van der Waals surface area contributed by atoms with Gasteiger partial charge < -0.3 is 18.6 Å². The van der Waals surface area contributed by atoms with Gasteiger partial charge in [0.25, 0.3) is 0 Å². The van der Waals surface area contributed by atoms with Gasteiger partial charge in [-0.1, -0.05) is 23.7 Å². The average molecular weight is 383 g/mol. The number of carbonyl (C=O) groups is 1. The van der Waals surface area contributed by atoms with Crippen molar-refractivity contribution < 1.29 is 23.4 Å². The molecule has 6 heteroatoms. The molecule has 0 spiro atoms. The summed E-state index contributed by atoms with van der Waals surface area (Å²) in [6.45, 7) is 0.419. The molecule has 0 atom stereocenters. The van der Waals surface area contributed by atoms with E-state index in [1.54, 1.807) is 48.5 Å². The van der Waals surface area contributed by atoms with E-state index >= 15 is 0 Å². The third-order valence-electron chi connectivity index (χ3n) is 3.95. The lowest BCUT2D eigenvalue weighted by atomic mass is 10.1. The van der Waals surface area contributed by atoms with Crippen LogP contribution in [-0.2, 0) is 6.61 Å². The summed E-state index contributed by atoms with van der Waals surface area (Å²) < 4.78 is 21.8. The average Bonchev–Trinajstić information content (AvgIpc) is 3.34. The molecule has 0 bridgehead atoms. The van der Waals surface area contributed by atoms with E-state index in [1.807, 2.05) is 12.1 Å². The molecule has 0 unspecified atom stereocenters. The van der Waals surface area contributed by atoms with Gasteiger partial charge in [-0.05, 0) is 54.6 Å². The van der Waals surface area contributed by atoms with Crippen molar-refractivity contribution in [3.05, 3.63) is 82.8 Å². The number of para-hydroxylation sites is 1. The lowest BCUT2D eigenvalue weighted by molar-refractivity contribution is 0.104. The van der Waals surface area contributed by atoms with Gasteiger partial charge in [-0.3, -0.25) is 4.79 Å². The minimum Gasteiger partial charge on any atom is -0.484 e. The second-order valence-electron chi connectivity index (χ2n) is 5.79. The molecule has 0 saturated heterocycles. The molecule has 3 aromatic rings. The SMILES string of the molecule is O=C(/C=C/c1ccc(COc2ccccc2Cl)o1)c1ccc2c(c1)OCO2. The Morgan fingerprint density at radius 3 is 2.81 bits per heavy atom. The quantitative estimate of drug-likeness (QED) is 0.436. The third kappa shape index (κ3) is 3.99. The largest absolute Gasteiger partial charge is 0.484 e. The van der Waals surface area contributed by atoms with Gasteiger partial charge in [0.15, 0.2) is 17.3 Å². The molecule has 27 heavy (non-hydrogen) atoms. The van der Waals surface area contributed by atoms with Gasteiger partial charge in [0.1, 0.15) is 23.9 Å². The zero-order chi connectivity index (χ0) is 18.6. The molecular formula is C21H15ClO5. The number of halogens is 1. The summed E-state index contributed by atoms with van der Waals surface area (Å²) in [6, 6.07) is 15.9. The van der Waals surface area contributed by atoms with Gasteiger partial charge >= 0.3 is 0 Å². The van der Waals surface area contributed by atoms with Crippen LogP contribution >= 0.6 is 11.6 Å². The van der Waals surface area contributed by atoms with Gasteiger partial charge in [-0.25, -0.2) is 0 Å². The maximum Gasteiger partial charge on any atom is 0.231 e. The molecule has 1 aromatic heterocycles. The molecular weight excluding hydrogens is 368 g/mol. The number of furan rings is 1. The van der Waals surface area contributed by atoms with Gasteiger partial charge in [-0.15, -0.1) is 0 Å². The summed E-state index contributed by atoms with van der Waals surface area (Å²) in [5, 5.41) is 0.540. The number of rotatable bonds is 6. The zero-order valence-electron chi connectivity index (χ0n) is 14.2. The number of allylic oxidation sites excluding steroid dienone is 1. The fraction of sp³-hybridized carbons (Fsp3) is 0.0952. The molecule has 1 aliphatic rings. The predicted octanol–water partition coefficient (Wildman–Crippen LogP) is 5.14. The second-order valence-corrected chi connectivity index (χ2v) is 6.20. The highest BCUT2D eigenvalue weighted by molar-refractivity contribution is 6.32. The van der Waals surface area contributed by atoms with Gasteiger partial charge in [0, 0.05) is 5.56 Å². The molecule has 136 valence electrons. The Morgan fingerprint density at radius 2 is 1.93 bits per heavy atom. The molecule has 1 aliphatic heterocycles. The summed E-state index contributed by atoms with van der Waals surface area (Å²) in [5.41, 5.74) is 0.518. The van der Waals surface area contributed by atoms with Crippen molar-refractivity contribution in [2.24, 2.45) is 0 Å². The van der Waals surface area contributed by atoms with E-state index in [0.29, 0.717) is 39.4 Å². The molecule has 0 aliphatic carbocycles. The van der Waals surface area contributed by atoms with Crippen LogP contribution in [0.4, 0.5) is 0 Å². The van der Waals surface area contributed by atoms with Crippen LogP contribution in [-0.4, -0.2) is 12.6 Å². The Labute approximate surface area is 160 Å². The molecule has 0 radical (unpaired) electrons. The first kappa shape index (κ1) is 17.2. The lowest BCUT2D eigenvalue weighted by Gasteiger charge is -2.05. The highest BCUT2D eigenvalue weighted by Gasteiger charge is 2.15. The normalized spacial score (nSPS) is 12.5. The molecule has 0 saturated carbocycles. The summed E-state index contributed by atoms with van der Waals surface area (Å²) in [5.74, 6) is 2.84. The van der Waals surface area contributed by atoms with Crippen LogP contribution in [0.2, 0.25) is 5.02 Å². The second kappa shape index (κ2) is 7.60. The van der Waals surface area contributed by atoms with Crippen LogP contribution in [0.15, 0.2) is 65.1 Å². The fourth-order valence-corrected chi connectivity index (χ4v) is 2.77. The van der Waals surface area contributed by atoms with E-state index in [1.165, 1.54) is 6.08 Å². The van der Waals surface area contributed by atoms with Crippen molar-refractivity contribution in [1.29, 1.82) is 0 Å². The lowest BCUT2D eigenvalue weighted by Crippen LogP contribution is -1.94. The number of hydrogen-bond donors (Lipinski definition) is 0. The van der Waals surface area contributed by atoms with Crippen LogP contribution in [0.3, 0.4) is 0 Å². The molecule has 5 nitrogen and oxygen atoms in total. The summed E-state index contributed by atoms with van der Waals surface area (Å²) in [6.07, 6.45) is 3.07. The minimum atomic E-state index is -0.154. The van der Waals surface area contributed by atoms with Crippen molar-refractivity contribution in [3.8, 4) is 17.2 Å². The first-order chi connectivity index (χ1) is 13.2. The standard InChI is InChI=1S/C21H15ClO5/c22-17-3-1-2-4-19(17)24-12-16-7-6-15(27-16)8-9-18(23)14-5-10-20-21(11-14)26-13-25-20/h1-11H,12-13H2/b9-8+. The maximum absolute atomic E-state index is 12.3. The van der Waals surface area contributed by atoms with Crippen molar-refractivity contribution in [2.75, 3.05) is 6.79 Å². The van der Waals surface area contributed by atoms with Gasteiger partial charge in [-0.2, -0.15) is 0 Å². The molecule has 2 aromatic carbocycles. The van der Waals surface area contributed by atoms with E-state index in [0.717, 1.165) is 0 Å². The minimum absolute atomic E-state index is 0.154. The highest BCUT2D eigenvalue weighted by Crippen LogP contribution is 2.32. The molecule has 4 rings (SSSR count). The topological polar surface area (TPSA) is 57.9 Å². The number of ketones is 1. The number of carbonyl (C=O) groups excluding carboxylic acids is 1. The maximum atomic E-state index is 12.3. The third-order valence-corrected chi connectivity index (χ3v) is 4.26. The Kier molecular flexibility index (Phi) is 4.85. The smallest absolute Gasteiger partial charge is 0.231 e. The summed E-state index contributed by atoms with van der Waals surface area (Å²) in [4.78, 5) is 12.3. The van der Waals surface area contributed by atoms with E-state index in [2.05, 4.69) is 0 Å². The molecule has 0 fully saturated rings. The van der Waals surface area contributed by atoms with Crippen LogP contribution in [0.25, 0.3) is 6.08 Å². The molecule has 0 N–H and O–H groups in total. The number of benzene rings is 2. The summed E-state index contributed by atoms with van der Waals surface area (Å²) >= 11 is 6.05. The number of fused-ring (bicyclic) bond motifs is 1. The summed E-state index contributed by atoms with van der Waals surface area (Å²) in [7, 11) is 0. The number of ether oxygens (including phenoxy) is 3. The zero-order valence-corrected chi connectivity index (χ0v) is 14.9. The van der Waals surface area contributed by atoms with Crippen LogP contribution in [0.1, 0.15) is 21.9 Å². The van der Waals surface area contributed by atoms with E-state index in [9.17, 15) is 4.79 Å². The van der Waals surface area contributed by atoms with Crippen LogP contribution < -0.4 is 14.2 Å². The van der Waals surface area contributed by atoms with Crippen molar-refractivity contribution in [2.45, 2.75) is 6.61 Å². The first-order valence-corrected chi connectivity index (χ1v) is 8.65. The Balaban J connectivity index is 1.38. The fourth-order valence-electron chi connectivity index (χ4n) is 2.58. The highest BCUT2D eigenvalue weighted by atomic mass is 35.5. The van der Waals surface area contributed by atoms with Gasteiger partial charge in [0.2, 0.25) is 6.79 Å². The monoisotopic (exact) mass is 382 g/mol. The van der Waals surface area contributed by atoms with E-state index in [4.69, 9.17) is 30.2 Å². The Hall–Kier alpha value is -3.18. The van der Waals surface area contributed by atoms with Crippen molar-refractivity contribution in [1.82, 2.24) is 0 Å². The van der Waals surface area contributed by atoms with Crippen LogP contribution in [0, 0.1) is 0 Å². The first-order valence-electron chi connectivity index (χ1n) is 8.27. The molecule has 2 heterocycles. The Bertz CT molecular complexity index is 1010. The predicted molar refractivity (Wildman–Crippen MR) is 100 cm³/mol. The Morgan fingerprint density at radius 1 is 1.07 bits per heavy atom. The van der Waals surface area contributed by atoms with Crippen LogP contribution in [0.5, 0.6) is 17.2 Å². The van der Waals surface area contributed by atoms with E-state index < -0.39 is 0 Å². The number of hydrogen-bond acceptors (Lipinski definition) is 5.